The summed E-state index contributed by atoms with van der Waals surface area (Å²) >= 11 is 7.30. The Bertz CT molecular complexity index is 752. The Morgan fingerprint density at radius 2 is 1.88 bits per heavy atom. The Morgan fingerprint density at radius 1 is 1.08 bits per heavy atom. The molecule has 0 unspecified atom stereocenters. The van der Waals surface area contributed by atoms with Gasteiger partial charge in [0, 0.05) is 30.5 Å². The van der Waals surface area contributed by atoms with Crippen molar-refractivity contribution in [3.8, 4) is 0 Å². The molecule has 0 saturated carbocycles. The summed E-state index contributed by atoms with van der Waals surface area (Å²) in [5.41, 5.74) is -0.222. The fourth-order valence-corrected chi connectivity index (χ4v) is 3.21. The van der Waals surface area contributed by atoms with Crippen molar-refractivity contribution in [2.24, 2.45) is 0 Å². The standard InChI is InChI=1S/C17H17ClF2N2O2S/c18-15-6-4-12(25-15)7-9-21-16(23)2-1-8-22-17(24)13-5-3-11(19)10-14(13)20/h3-6,10H,1-2,7-9H2,(H,21,23)(H,22,24). The number of hydrogen-bond donors (Lipinski definition) is 2. The molecule has 0 bridgehead atoms. The van der Waals surface area contributed by atoms with Crippen molar-refractivity contribution in [1.82, 2.24) is 10.6 Å². The van der Waals surface area contributed by atoms with Crippen molar-refractivity contribution in [1.29, 1.82) is 0 Å². The molecule has 0 aliphatic heterocycles. The van der Waals surface area contributed by atoms with Gasteiger partial charge in [-0.2, -0.15) is 0 Å². The molecule has 1 aromatic carbocycles. The first-order valence-electron chi connectivity index (χ1n) is 7.70. The molecule has 1 aromatic heterocycles. The van der Waals surface area contributed by atoms with Gasteiger partial charge in [0.05, 0.1) is 9.90 Å². The van der Waals surface area contributed by atoms with Crippen LogP contribution in [0.3, 0.4) is 0 Å². The van der Waals surface area contributed by atoms with Gasteiger partial charge in [0.2, 0.25) is 5.91 Å². The van der Waals surface area contributed by atoms with Crippen LogP contribution in [0.15, 0.2) is 30.3 Å². The first-order chi connectivity index (χ1) is 12.0. The highest BCUT2D eigenvalue weighted by molar-refractivity contribution is 7.16. The maximum absolute atomic E-state index is 13.4. The summed E-state index contributed by atoms with van der Waals surface area (Å²) in [7, 11) is 0. The molecule has 134 valence electrons. The molecule has 0 radical (unpaired) electrons. The van der Waals surface area contributed by atoms with Gasteiger partial charge in [0.15, 0.2) is 0 Å². The summed E-state index contributed by atoms with van der Waals surface area (Å²) in [5.74, 6) is -2.41. The Hall–Kier alpha value is -1.99. The van der Waals surface area contributed by atoms with E-state index in [2.05, 4.69) is 10.6 Å². The summed E-state index contributed by atoms with van der Waals surface area (Å²) in [4.78, 5) is 24.6. The minimum atomic E-state index is -0.913. The summed E-state index contributed by atoms with van der Waals surface area (Å²) in [6, 6.07) is 6.50. The van der Waals surface area contributed by atoms with Gasteiger partial charge < -0.3 is 10.6 Å². The smallest absolute Gasteiger partial charge is 0.254 e. The lowest BCUT2D eigenvalue weighted by molar-refractivity contribution is -0.121. The first kappa shape index (κ1) is 19.3. The van der Waals surface area contributed by atoms with E-state index >= 15 is 0 Å². The van der Waals surface area contributed by atoms with Crippen LogP contribution in [0, 0.1) is 11.6 Å². The highest BCUT2D eigenvalue weighted by atomic mass is 35.5. The van der Waals surface area contributed by atoms with Gasteiger partial charge in [-0.3, -0.25) is 9.59 Å². The van der Waals surface area contributed by atoms with Crippen LogP contribution in [-0.4, -0.2) is 24.9 Å². The van der Waals surface area contributed by atoms with Crippen LogP contribution < -0.4 is 10.6 Å². The number of thiophene rings is 1. The zero-order chi connectivity index (χ0) is 18.2. The van der Waals surface area contributed by atoms with Gasteiger partial charge in [-0.1, -0.05) is 11.6 Å². The lowest BCUT2D eigenvalue weighted by atomic mass is 10.2. The molecule has 8 heteroatoms. The monoisotopic (exact) mass is 386 g/mol. The number of benzene rings is 1. The molecule has 0 fully saturated rings. The highest BCUT2D eigenvalue weighted by Crippen LogP contribution is 2.21. The average molecular weight is 387 g/mol. The second-order valence-electron chi connectivity index (χ2n) is 5.29. The molecule has 0 aliphatic carbocycles. The first-order valence-corrected chi connectivity index (χ1v) is 8.89. The van der Waals surface area contributed by atoms with Crippen molar-refractivity contribution in [2.75, 3.05) is 13.1 Å². The minimum absolute atomic E-state index is 0.120. The second-order valence-corrected chi connectivity index (χ2v) is 7.09. The van der Waals surface area contributed by atoms with Gasteiger partial charge in [-0.25, -0.2) is 8.78 Å². The van der Waals surface area contributed by atoms with Crippen molar-refractivity contribution in [2.45, 2.75) is 19.3 Å². The van der Waals surface area contributed by atoms with E-state index in [4.69, 9.17) is 11.6 Å². The van der Waals surface area contributed by atoms with E-state index in [9.17, 15) is 18.4 Å². The van der Waals surface area contributed by atoms with Gasteiger partial charge >= 0.3 is 0 Å². The average Bonchev–Trinajstić information content (AvgIpc) is 2.96. The quantitative estimate of drug-likeness (QED) is 0.682. The van der Waals surface area contributed by atoms with E-state index in [1.807, 2.05) is 12.1 Å². The summed E-state index contributed by atoms with van der Waals surface area (Å²) in [5, 5.41) is 5.29. The number of nitrogens with one attached hydrogen (secondary N) is 2. The number of amides is 2. The van der Waals surface area contributed by atoms with Crippen LogP contribution in [0.1, 0.15) is 28.1 Å². The number of rotatable bonds is 8. The van der Waals surface area contributed by atoms with Gasteiger partial charge in [0.25, 0.3) is 5.91 Å². The summed E-state index contributed by atoms with van der Waals surface area (Å²) in [6.45, 7) is 0.742. The van der Waals surface area contributed by atoms with Gasteiger partial charge in [-0.05, 0) is 37.1 Å². The molecule has 2 rings (SSSR count). The third-order valence-electron chi connectivity index (χ3n) is 3.36. The molecule has 0 atom stereocenters. The van der Waals surface area contributed by atoms with Crippen molar-refractivity contribution in [3.05, 3.63) is 56.7 Å². The lowest BCUT2D eigenvalue weighted by Gasteiger charge is -2.07. The van der Waals surface area contributed by atoms with Crippen LogP contribution in [0.2, 0.25) is 4.34 Å². The maximum Gasteiger partial charge on any atom is 0.254 e. The molecular formula is C17H17ClF2N2O2S. The van der Waals surface area contributed by atoms with E-state index in [0.29, 0.717) is 25.5 Å². The van der Waals surface area contributed by atoms with E-state index in [0.717, 1.165) is 21.3 Å². The molecule has 0 spiro atoms. The molecule has 2 amide bonds. The molecule has 1 heterocycles. The second kappa shape index (κ2) is 9.48. The predicted octanol–water partition coefficient (Wildman–Crippen LogP) is 3.55. The molecule has 25 heavy (non-hydrogen) atoms. The number of carbonyl (C=O) groups is 2. The normalized spacial score (nSPS) is 10.5. The van der Waals surface area contributed by atoms with E-state index in [1.54, 1.807) is 0 Å². The SMILES string of the molecule is O=C(CCCNC(=O)c1ccc(F)cc1F)NCCc1ccc(Cl)s1. The van der Waals surface area contributed by atoms with E-state index < -0.39 is 17.5 Å². The third kappa shape index (κ3) is 6.43. The Morgan fingerprint density at radius 3 is 2.56 bits per heavy atom. The Balaban J connectivity index is 1.61. The summed E-state index contributed by atoms with van der Waals surface area (Å²) in [6.07, 6.45) is 1.38. The third-order valence-corrected chi connectivity index (χ3v) is 4.66. The Kier molecular flexibility index (Phi) is 7.33. The van der Waals surface area contributed by atoms with Crippen LogP contribution in [0.5, 0.6) is 0 Å². The highest BCUT2D eigenvalue weighted by Gasteiger charge is 2.12. The van der Waals surface area contributed by atoms with E-state index in [-0.39, 0.29) is 24.4 Å². The van der Waals surface area contributed by atoms with Crippen LogP contribution in [0.4, 0.5) is 8.78 Å². The number of carbonyl (C=O) groups excluding carboxylic acids is 2. The van der Waals surface area contributed by atoms with Crippen LogP contribution >= 0.6 is 22.9 Å². The molecule has 4 nitrogen and oxygen atoms in total. The Labute approximate surface area is 153 Å². The minimum Gasteiger partial charge on any atom is -0.356 e. The molecular weight excluding hydrogens is 370 g/mol. The largest absolute Gasteiger partial charge is 0.356 e. The van der Waals surface area contributed by atoms with Gasteiger partial charge in [0.1, 0.15) is 11.6 Å². The molecule has 2 aromatic rings. The zero-order valence-electron chi connectivity index (χ0n) is 13.3. The lowest BCUT2D eigenvalue weighted by Crippen LogP contribution is -2.28. The van der Waals surface area contributed by atoms with Crippen molar-refractivity contribution >= 4 is 34.8 Å². The topological polar surface area (TPSA) is 58.2 Å². The van der Waals surface area contributed by atoms with Crippen LogP contribution in [0.25, 0.3) is 0 Å². The molecule has 0 aliphatic rings. The van der Waals surface area contributed by atoms with Crippen LogP contribution in [-0.2, 0) is 11.2 Å². The van der Waals surface area contributed by atoms with Crippen molar-refractivity contribution < 1.29 is 18.4 Å². The number of halogens is 3. The zero-order valence-corrected chi connectivity index (χ0v) is 14.9. The van der Waals surface area contributed by atoms with Gasteiger partial charge in [-0.15, -0.1) is 11.3 Å². The predicted molar refractivity (Wildman–Crippen MR) is 94.0 cm³/mol. The molecule has 2 N–H and O–H groups in total. The van der Waals surface area contributed by atoms with E-state index in [1.165, 1.54) is 11.3 Å². The molecule has 0 saturated heterocycles. The number of hydrogen-bond acceptors (Lipinski definition) is 3. The fraction of sp³-hybridized carbons (Fsp3) is 0.294. The fourth-order valence-electron chi connectivity index (χ4n) is 2.12. The summed E-state index contributed by atoms with van der Waals surface area (Å²) < 4.78 is 27.0. The maximum atomic E-state index is 13.4. The van der Waals surface area contributed by atoms with Crippen molar-refractivity contribution in [3.63, 3.8) is 0 Å².